The molecule has 0 bridgehead atoms. The first-order chi connectivity index (χ1) is 18.7. The summed E-state index contributed by atoms with van der Waals surface area (Å²) in [4.78, 5) is 16.8. The minimum atomic E-state index is -3.95. The normalized spacial score (nSPS) is 26.3. The van der Waals surface area contributed by atoms with Crippen LogP contribution in [0.1, 0.15) is 66.8 Å². The maximum Gasteiger partial charge on any atom is 0.316 e. The van der Waals surface area contributed by atoms with Crippen LogP contribution in [0.2, 0.25) is 0 Å². The van der Waals surface area contributed by atoms with E-state index < -0.39 is 15.4 Å². The summed E-state index contributed by atoms with van der Waals surface area (Å²) in [6.45, 7) is 7.17. The van der Waals surface area contributed by atoms with Gasteiger partial charge in [0.05, 0.1) is 30.3 Å². The molecule has 3 aliphatic heterocycles. The van der Waals surface area contributed by atoms with Gasteiger partial charge in [0, 0.05) is 12.0 Å². The number of aryl methyl sites for hydroxylation is 1. The highest BCUT2D eigenvalue weighted by Gasteiger charge is 2.68. The second kappa shape index (κ2) is 9.49. The molecule has 0 aromatic heterocycles. The lowest BCUT2D eigenvalue weighted by molar-refractivity contribution is -0.155. The first-order valence-electron chi connectivity index (χ1n) is 13.8. The summed E-state index contributed by atoms with van der Waals surface area (Å²) in [6, 6.07) is 23.0. The van der Waals surface area contributed by atoms with Crippen LogP contribution in [-0.4, -0.2) is 45.5 Å². The van der Waals surface area contributed by atoms with E-state index in [1.54, 1.807) is 12.1 Å². The minimum Gasteiger partial charge on any atom is -0.468 e. The number of nitrogens with zero attached hydrogens (tertiary/aromatic N) is 2. The SMILES string of the molecule is COC(=O)[C@@]12CN(S(=O)(=O)c3ccc(C)cc3)c3ccccc3[C@@H]1N1CCC[C@H]1[C@@H]2c1ccc(C(C)C)cc1. The van der Waals surface area contributed by atoms with Crippen LogP contribution in [0.3, 0.4) is 0 Å². The fraction of sp³-hybridized carbons (Fsp3) is 0.406. The molecule has 2 fully saturated rings. The van der Waals surface area contributed by atoms with Gasteiger partial charge in [0.1, 0.15) is 5.41 Å². The number of carbonyl (C=O) groups excluding carboxylic acids is 1. The minimum absolute atomic E-state index is 0.0289. The third kappa shape index (κ3) is 3.85. The van der Waals surface area contributed by atoms with Crippen LogP contribution in [0.25, 0.3) is 0 Å². The molecule has 0 aliphatic carbocycles. The molecule has 39 heavy (non-hydrogen) atoms. The van der Waals surface area contributed by atoms with E-state index in [-0.39, 0.29) is 35.4 Å². The highest BCUT2D eigenvalue weighted by Crippen LogP contribution is 2.65. The molecule has 3 aromatic rings. The van der Waals surface area contributed by atoms with Crippen molar-refractivity contribution in [3.8, 4) is 0 Å². The van der Waals surface area contributed by atoms with Gasteiger partial charge >= 0.3 is 5.97 Å². The Labute approximate surface area is 231 Å². The molecule has 6 rings (SSSR count). The maximum absolute atomic E-state index is 14.3. The Morgan fingerprint density at radius 1 is 1.00 bits per heavy atom. The molecular weight excluding hydrogens is 508 g/mol. The third-order valence-electron chi connectivity index (χ3n) is 9.14. The van der Waals surface area contributed by atoms with Crippen molar-refractivity contribution in [2.45, 2.75) is 62.4 Å². The number of benzene rings is 3. The number of rotatable bonds is 5. The molecule has 7 heteroatoms. The zero-order chi connectivity index (χ0) is 27.5. The second-order valence-electron chi connectivity index (χ2n) is 11.6. The van der Waals surface area contributed by atoms with Crippen molar-refractivity contribution in [1.29, 1.82) is 0 Å². The van der Waals surface area contributed by atoms with Gasteiger partial charge in [-0.2, -0.15) is 0 Å². The first-order valence-corrected chi connectivity index (χ1v) is 15.3. The molecule has 0 radical (unpaired) electrons. The molecule has 3 aromatic carbocycles. The van der Waals surface area contributed by atoms with E-state index >= 15 is 0 Å². The molecule has 0 N–H and O–H groups in total. The van der Waals surface area contributed by atoms with Crippen LogP contribution in [0.5, 0.6) is 0 Å². The van der Waals surface area contributed by atoms with Gasteiger partial charge < -0.3 is 4.74 Å². The molecule has 0 spiro atoms. The number of hydrogen-bond donors (Lipinski definition) is 0. The van der Waals surface area contributed by atoms with Crippen molar-refractivity contribution in [1.82, 2.24) is 4.90 Å². The number of fused-ring (bicyclic) bond motifs is 5. The van der Waals surface area contributed by atoms with Crippen molar-refractivity contribution < 1.29 is 17.9 Å². The molecule has 2 saturated heterocycles. The number of esters is 1. The number of ether oxygens (including phenoxy) is 1. The van der Waals surface area contributed by atoms with E-state index in [0.29, 0.717) is 11.6 Å². The second-order valence-corrected chi connectivity index (χ2v) is 13.4. The molecule has 6 nitrogen and oxygen atoms in total. The Hall–Kier alpha value is -3.16. The van der Waals surface area contributed by atoms with Crippen LogP contribution in [-0.2, 0) is 19.6 Å². The molecule has 0 saturated carbocycles. The smallest absolute Gasteiger partial charge is 0.316 e. The van der Waals surface area contributed by atoms with Crippen molar-refractivity contribution in [2.24, 2.45) is 5.41 Å². The van der Waals surface area contributed by atoms with E-state index in [1.165, 1.54) is 17.0 Å². The molecule has 4 atom stereocenters. The van der Waals surface area contributed by atoms with Crippen LogP contribution in [0.15, 0.2) is 77.7 Å². The van der Waals surface area contributed by atoms with Crippen LogP contribution < -0.4 is 4.31 Å². The van der Waals surface area contributed by atoms with Gasteiger partial charge in [-0.05, 0) is 67.1 Å². The number of para-hydroxylation sites is 1. The topological polar surface area (TPSA) is 66.9 Å². The van der Waals surface area contributed by atoms with E-state index in [4.69, 9.17) is 4.74 Å². The molecule has 3 heterocycles. The van der Waals surface area contributed by atoms with E-state index in [0.717, 1.165) is 36.1 Å². The molecule has 204 valence electrons. The summed E-state index contributed by atoms with van der Waals surface area (Å²) in [5.74, 6) is -0.161. The van der Waals surface area contributed by atoms with Gasteiger partial charge in [-0.3, -0.25) is 14.0 Å². The highest BCUT2D eigenvalue weighted by molar-refractivity contribution is 7.92. The van der Waals surface area contributed by atoms with Crippen LogP contribution >= 0.6 is 0 Å². The predicted molar refractivity (Wildman–Crippen MR) is 152 cm³/mol. The van der Waals surface area contributed by atoms with Gasteiger partial charge in [0.2, 0.25) is 0 Å². The zero-order valence-corrected chi connectivity index (χ0v) is 23.8. The molecule has 0 unspecified atom stereocenters. The van der Waals surface area contributed by atoms with E-state index in [9.17, 15) is 13.2 Å². The van der Waals surface area contributed by atoms with E-state index in [1.807, 2.05) is 43.3 Å². The standard InChI is InChI=1S/C32H36N2O4S/c1-21(2)23-13-15-24(16-14-23)29-28-10-7-19-33(28)30-26-8-5-6-9-27(26)34(20-32(29,30)31(35)38-4)39(36,37)25-17-11-22(3)12-18-25/h5-6,8-9,11-18,21,28-30H,7,10,19-20H2,1-4H3/t28-,29-,30-,32+/m0/s1. The number of sulfonamides is 1. The largest absolute Gasteiger partial charge is 0.468 e. The average molecular weight is 545 g/mol. The van der Waals surface area contributed by atoms with Crippen molar-refractivity contribution in [3.05, 3.63) is 95.1 Å². The van der Waals surface area contributed by atoms with Crippen LogP contribution in [0, 0.1) is 12.3 Å². The van der Waals surface area contributed by atoms with Crippen LogP contribution in [0.4, 0.5) is 5.69 Å². The lowest BCUT2D eigenvalue weighted by atomic mass is 9.64. The summed E-state index contributed by atoms with van der Waals surface area (Å²) in [6.07, 6.45) is 2.01. The Balaban J connectivity index is 1.59. The Kier molecular flexibility index (Phi) is 6.35. The summed E-state index contributed by atoms with van der Waals surface area (Å²) in [5.41, 5.74) is 3.71. The van der Waals surface area contributed by atoms with Crippen molar-refractivity contribution >= 4 is 21.7 Å². The number of hydrogen-bond acceptors (Lipinski definition) is 5. The van der Waals surface area contributed by atoms with Gasteiger partial charge in [-0.25, -0.2) is 8.42 Å². The Morgan fingerprint density at radius 2 is 1.69 bits per heavy atom. The summed E-state index contributed by atoms with van der Waals surface area (Å²) < 4.78 is 35.6. The summed E-state index contributed by atoms with van der Waals surface area (Å²) >= 11 is 0. The quantitative estimate of drug-likeness (QED) is 0.381. The van der Waals surface area contributed by atoms with E-state index in [2.05, 4.69) is 43.0 Å². The average Bonchev–Trinajstić information content (AvgIpc) is 3.51. The maximum atomic E-state index is 14.3. The predicted octanol–water partition coefficient (Wildman–Crippen LogP) is 5.79. The van der Waals surface area contributed by atoms with Crippen molar-refractivity contribution in [3.63, 3.8) is 0 Å². The Morgan fingerprint density at radius 3 is 2.36 bits per heavy atom. The summed E-state index contributed by atoms with van der Waals surface area (Å²) in [7, 11) is -2.52. The first kappa shape index (κ1) is 26.1. The monoisotopic (exact) mass is 544 g/mol. The van der Waals surface area contributed by atoms with Gasteiger partial charge in [-0.15, -0.1) is 0 Å². The number of anilines is 1. The third-order valence-corrected chi connectivity index (χ3v) is 10.9. The summed E-state index contributed by atoms with van der Waals surface area (Å²) in [5, 5.41) is 0. The highest BCUT2D eigenvalue weighted by atomic mass is 32.2. The lowest BCUT2D eigenvalue weighted by Gasteiger charge is -2.47. The fourth-order valence-corrected chi connectivity index (χ4v) is 8.91. The van der Waals surface area contributed by atoms with Gasteiger partial charge in [0.25, 0.3) is 10.0 Å². The fourth-order valence-electron chi connectivity index (χ4n) is 7.37. The number of methoxy groups -OCH3 is 1. The lowest BCUT2D eigenvalue weighted by Crippen LogP contribution is -2.55. The van der Waals surface area contributed by atoms with Gasteiger partial charge in [-0.1, -0.05) is 74.0 Å². The Bertz CT molecular complexity index is 1500. The number of carbonyl (C=O) groups is 1. The molecule has 3 aliphatic rings. The van der Waals surface area contributed by atoms with Gasteiger partial charge in [0.15, 0.2) is 0 Å². The van der Waals surface area contributed by atoms with Crippen molar-refractivity contribution in [2.75, 3.05) is 24.5 Å². The molecular formula is C32H36N2O4S. The molecule has 0 amide bonds. The zero-order valence-electron chi connectivity index (χ0n) is 23.0.